The number of aromatic nitrogens is 2. The van der Waals surface area contributed by atoms with Gasteiger partial charge in [-0.15, -0.1) is 11.3 Å². The molecular weight excluding hydrogens is 399 g/mol. The van der Waals surface area contributed by atoms with Crippen molar-refractivity contribution in [2.24, 2.45) is 0 Å². The van der Waals surface area contributed by atoms with Crippen molar-refractivity contribution in [1.29, 1.82) is 0 Å². The highest BCUT2D eigenvalue weighted by Crippen LogP contribution is 2.35. The van der Waals surface area contributed by atoms with Crippen molar-refractivity contribution in [3.05, 3.63) is 92.1 Å². The standard InChI is InChI=1S/C24H21FN2O2S/c1-29-18-10-8-15(9-11-18)13-21-26-23-22(19-6-3-7-20(19)30-23)24(28)27(21)14-16-4-2-5-17(25)12-16/h2,4-5,8-12H,3,6-7,13-14H2,1H3. The molecule has 0 unspecified atom stereocenters. The molecule has 4 aromatic rings. The van der Waals surface area contributed by atoms with Crippen LogP contribution in [0.15, 0.2) is 53.3 Å². The van der Waals surface area contributed by atoms with E-state index < -0.39 is 0 Å². The summed E-state index contributed by atoms with van der Waals surface area (Å²) in [6.45, 7) is 0.301. The van der Waals surface area contributed by atoms with Gasteiger partial charge in [0.1, 0.15) is 22.2 Å². The molecule has 0 spiro atoms. The van der Waals surface area contributed by atoms with Crippen LogP contribution in [0.1, 0.15) is 33.8 Å². The van der Waals surface area contributed by atoms with E-state index in [0.717, 1.165) is 51.9 Å². The number of thiophene rings is 1. The average molecular weight is 421 g/mol. The highest BCUT2D eigenvalue weighted by atomic mass is 32.1. The van der Waals surface area contributed by atoms with E-state index in [0.29, 0.717) is 18.8 Å². The summed E-state index contributed by atoms with van der Waals surface area (Å²) in [7, 11) is 1.64. The van der Waals surface area contributed by atoms with Gasteiger partial charge in [-0.2, -0.15) is 0 Å². The first-order chi connectivity index (χ1) is 14.6. The van der Waals surface area contributed by atoms with E-state index in [2.05, 4.69) is 0 Å². The minimum Gasteiger partial charge on any atom is -0.497 e. The Hall–Kier alpha value is -2.99. The highest BCUT2D eigenvalue weighted by Gasteiger charge is 2.23. The summed E-state index contributed by atoms with van der Waals surface area (Å²) in [5, 5.41) is 0.752. The average Bonchev–Trinajstić information content (AvgIpc) is 3.32. The SMILES string of the molecule is COc1ccc(Cc2nc3sc4c(c3c(=O)n2Cc2cccc(F)c2)CCC4)cc1. The van der Waals surface area contributed by atoms with Crippen LogP contribution < -0.4 is 10.3 Å². The van der Waals surface area contributed by atoms with Crippen molar-refractivity contribution in [2.75, 3.05) is 7.11 Å². The fourth-order valence-electron chi connectivity index (χ4n) is 4.16. The lowest BCUT2D eigenvalue weighted by atomic mass is 10.1. The molecule has 30 heavy (non-hydrogen) atoms. The third-order valence-electron chi connectivity index (χ3n) is 5.65. The second-order valence-corrected chi connectivity index (χ2v) is 8.70. The van der Waals surface area contributed by atoms with Gasteiger partial charge in [-0.05, 0) is 60.2 Å². The van der Waals surface area contributed by atoms with Crippen LogP contribution in [-0.4, -0.2) is 16.7 Å². The summed E-state index contributed by atoms with van der Waals surface area (Å²) in [6, 6.07) is 14.2. The molecule has 5 rings (SSSR count). The Morgan fingerprint density at radius 1 is 1.13 bits per heavy atom. The van der Waals surface area contributed by atoms with Crippen LogP contribution >= 0.6 is 11.3 Å². The molecule has 2 aromatic carbocycles. The number of benzene rings is 2. The molecule has 1 aliphatic rings. The Bertz CT molecular complexity index is 1290. The molecule has 0 bridgehead atoms. The molecule has 1 aliphatic carbocycles. The largest absolute Gasteiger partial charge is 0.497 e. The lowest BCUT2D eigenvalue weighted by Gasteiger charge is -2.14. The topological polar surface area (TPSA) is 44.1 Å². The maximum Gasteiger partial charge on any atom is 0.262 e. The molecule has 0 aliphatic heterocycles. The second kappa shape index (κ2) is 7.69. The summed E-state index contributed by atoms with van der Waals surface area (Å²) >= 11 is 1.64. The van der Waals surface area contributed by atoms with Crippen molar-refractivity contribution in [2.45, 2.75) is 32.2 Å². The van der Waals surface area contributed by atoms with Crippen LogP contribution in [0.3, 0.4) is 0 Å². The van der Waals surface area contributed by atoms with E-state index in [4.69, 9.17) is 9.72 Å². The molecular formula is C24H21FN2O2S. The smallest absolute Gasteiger partial charge is 0.262 e. The maximum absolute atomic E-state index is 13.8. The quantitative estimate of drug-likeness (QED) is 0.469. The highest BCUT2D eigenvalue weighted by molar-refractivity contribution is 7.18. The number of ether oxygens (including phenoxy) is 1. The molecule has 0 atom stereocenters. The minimum atomic E-state index is -0.303. The van der Waals surface area contributed by atoms with Crippen LogP contribution in [0, 0.1) is 5.82 Å². The number of methoxy groups -OCH3 is 1. The monoisotopic (exact) mass is 420 g/mol. The first-order valence-electron chi connectivity index (χ1n) is 10.0. The molecule has 0 radical (unpaired) electrons. The molecule has 2 aromatic heterocycles. The van der Waals surface area contributed by atoms with Gasteiger partial charge in [0.2, 0.25) is 0 Å². The van der Waals surface area contributed by atoms with E-state index in [1.807, 2.05) is 30.3 Å². The van der Waals surface area contributed by atoms with Gasteiger partial charge < -0.3 is 4.74 Å². The Morgan fingerprint density at radius 2 is 1.97 bits per heavy atom. The van der Waals surface area contributed by atoms with Gasteiger partial charge in [0.25, 0.3) is 5.56 Å². The van der Waals surface area contributed by atoms with Gasteiger partial charge in [0, 0.05) is 11.3 Å². The van der Waals surface area contributed by atoms with Crippen LogP contribution in [0.5, 0.6) is 5.75 Å². The number of aryl methyl sites for hydroxylation is 2. The normalized spacial score (nSPS) is 13.0. The molecule has 0 amide bonds. The van der Waals surface area contributed by atoms with Crippen molar-refractivity contribution in [3.8, 4) is 5.75 Å². The molecule has 152 valence electrons. The summed E-state index contributed by atoms with van der Waals surface area (Å²) < 4.78 is 20.7. The first-order valence-corrected chi connectivity index (χ1v) is 10.9. The van der Waals surface area contributed by atoms with Gasteiger partial charge >= 0.3 is 0 Å². The number of hydrogen-bond acceptors (Lipinski definition) is 4. The van der Waals surface area contributed by atoms with Crippen molar-refractivity contribution < 1.29 is 9.13 Å². The van der Waals surface area contributed by atoms with E-state index in [1.54, 1.807) is 29.1 Å². The fraction of sp³-hybridized carbons (Fsp3) is 0.250. The van der Waals surface area contributed by atoms with Gasteiger partial charge in [-0.3, -0.25) is 9.36 Å². The summed E-state index contributed by atoms with van der Waals surface area (Å²) in [4.78, 5) is 20.6. The predicted octanol–water partition coefficient (Wildman–Crippen LogP) is 4.73. The van der Waals surface area contributed by atoms with Crippen molar-refractivity contribution >= 4 is 21.6 Å². The summed E-state index contributed by atoms with van der Waals surface area (Å²) in [5.74, 6) is 1.18. The fourth-order valence-corrected chi connectivity index (χ4v) is 5.43. The Balaban J connectivity index is 1.64. The van der Waals surface area contributed by atoms with Crippen LogP contribution in [0.4, 0.5) is 4.39 Å². The third kappa shape index (κ3) is 3.41. The third-order valence-corrected chi connectivity index (χ3v) is 6.84. The number of nitrogens with zero attached hydrogens (tertiary/aromatic N) is 2. The van der Waals surface area contributed by atoms with Crippen LogP contribution in [0.2, 0.25) is 0 Å². The molecule has 0 saturated heterocycles. The first kappa shape index (κ1) is 19.0. The van der Waals surface area contributed by atoms with Crippen molar-refractivity contribution in [3.63, 3.8) is 0 Å². The lowest BCUT2D eigenvalue weighted by molar-refractivity contribution is 0.414. The van der Waals surface area contributed by atoms with E-state index >= 15 is 0 Å². The van der Waals surface area contributed by atoms with Crippen LogP contribution in [-0.2, 0) is 25.8 Å². The molecule has 4 nitrogen and oxygen atoms in total. The van der Waals surface area contributed by atoms with Gasteiger partial charge in [0.05, 0.1) is 19.0 Å². The van der Waals surface area contributed by atoms with Gasteiger partial charge in [-0.1, -0.05) is 24.3 Å². The Labute approximate surface area is 177 Å². The van der Waals surface area contributed by atoms with Gasteiger partial charge in [0.15, 0.2) is 0 Å². The number of fused-ring (bicyclic) bond motifs is 3. The van der Waals surface area contributed by atoms with Crippen LogP contribution in [0.25, 0.3) is 10.2 Å². The maximum atomic E-state index is 13.8. The molecule has 0 fully saturated rings. The molecule has 6 heteroatoms. The molecule has 0 saturated carbocycles. The number of rotatable bonds is 5. The second-order valence-electron chi connectivity index (χ2n) is 7.61. The minimum absolute atomic E-state index is 0.0211. The molecule has 0 N–H and O–H groups in total. The van der Waals surface area contributed by atoms with E-state index in [9.17, 15) is 9.18 Å². The van der Waals surface area contributed by atoms with E-state index in [-0.39, 0.29) is 11.4 Å². The number of halogens is 1. The summed E-state index contributed by atoms with van der Waals surface area (Å²) in [6.07, 6.45) is 3.57. The van der Waals surface area contributed by atoms with E-state index in [1.165, 1.54) is 17.0 Å². The Kier molecular flexibility index (Phi) is 4.87. The van der Waals surface area contributed by atoms with Crippen molar-refractivity contribution in [1.82, 2.24) is 9.55 Å². The van der Waals surface area contributed by atoms with Gasteiger partial charge in [-0.25, -0.2) is 9.37 Å². The lowest BCUT2D eigenvalue weighted by Crippen LogP contribution is -2.26. The predicted molar refractivity (Wildman–Crippen MR) is 117 cm³/mol. The zero-order valence-corrected chi connectivity index (χ0v) is 17.5. The zero-order chi connectivity index (χ0) is 20.7. The summed E-state index contributed by atoms with van der Waals surface area (Å²) in [5.41, 5.74) is 2.93. The zero-order valence-electron chi connectivity index (χ0n) is 16.7. The Morgan fingerprint density at radius 3 is 2.73 bits per heavy atom. The molecule has 2 heterocycles. The number of hydrogen-bond donors (Lipinski definition) is 0.